The first kappa shape index (κ1) is 16.5. The van der Waals surface area contributed by atoms with Crippen molar-refractivity contribution < 1.29 is 0 Å². The summed E-state index contributed by atoms with van der Waals surface area (Å²) in [6.07, 6.45) is 2.13. The summed E-state index contributed by atoms with van der Waals surface area (Å²) in [4.78, 5) is 13.0. The average molecular weight is 280 g/mol. The van der Waals surface area contributed by atoms with E-state index >= 15 is 0 Å². The topological polar surface area (TPSA) is 70.3 Å². The molecule has 6 heteroatoms. The van der Waals surface area contributed by atoms with Crippen molar-refractivity contribution in [3.63, 3.8) is 0 Å². The molecule has 0 aliphatic heterocycles. The smallest absolute Gasteiger partial charge is 0.223 e. The lowest BCUT2D eigenvalue weighted by Crippen LogP contribution is -2.33. The fourth-order valence-corrected chi connectivity index (χ4v) is 1.89. The highest BCUT2D eigenvalue weighted by atomic mass is 15.2. The first-order chi connectivity index (χ1) is 9.56. The number of nitrogen functional groups attached to an aromatic ring is 1. The van der Waals surface area contributed by atoms with Crippen molar-refractivity contribution in [2.75, 3.05) is 56.2 Å². The minimum Gasteiger partial charge on any atom is -0.370 e. The van der Waals surface area contributed by atoms with Crippen LogP contribution < -0.4 is 16.0 Å². The summed E-state index contributed by atoms with van der Waals surface area (Å²) in [7, 11) is 4.15. The lowest BCUT2D eigenvalue weighted by Gasteiger charge is -2.25. The molecule has 0 aromatic carbocycles. The molecule has 3 N–H and O–H groups in total. The van der Waals surface area contributed by atoms with Gasteiger partial charge in [0.15, 0.2) is 0 Å². The van der Waals surface area contributed by atoms with Crippen molar-refractivity contribution in [2.45, 2.75) is 26.7 Å². The van der Waals surface area contributed by atoms with Gasteiger partial charge in [-0.05, 0) is 26.9 Å². The van der Waals surface area contributed by atoms with E-state index < -0.39 is 0 Å². The molecule has 6 nitrogen and oxygen atoms in total. The van der Waals surface area contributed by atoms with Crippen LogP contribution in [0.25, 0.3) is 0 Å². The second-order valence-electron chi connectivity index (χ2n) is 5.19. The number of aromatic nitrogens is 2. The zero-order valence-electron chi connectivity index (χ0n) is 13.2. The Kier molecular flexibility index (Phi) is 7.08. The van der Waals surface area contributed by atoms with Gasteiger partial charge in [-0.3, -0.25) is 0 Å². The van der Waals surface area contributed by atoms with Gasteiger partial charge in [0.25, 0.3) is 0 Å². The molecule has 0 aliphatic carbocycles. The summed E-state index contributed by atoms with van der Waals surface area (Å²) in [5.74, 6) is 2.03. The van der Waals surface area contributed by atoms with E-state index in [1.807, 2.05) is 6.07 Å². The molecule has 1 heterocycles. The standard InChI is InChI=1S/C14H28N6/c1-5-7-16-12-11-13(18-14(15)17-12)20(8-6-2)10-9-19(3)4/h11H,5-10H2,1-4H3,(H3,15,16,17,18). The van der Waals surface area contributed by atoms with Crippen molar-refractivity contribution in [3.05, 3.63) is 6.07 Å². The lowest BCUT2D eigenvalue weighted by molar-refractivity contribution is 0.412. The van der Waals surface area contributed by atoms with Crippen LogP contribution in [0.3, 0.4) is 0 Å². The SMILES string of the molecule is CCCNc1cc(N(CCC)CCN(C)C)nc(N)n1. The normalized spacial score (nSPS) is 10.8. The molecule has 0 fully saturated rings. The molecule has 20 heavy (non-hydrogen) atoms. The van der Waals surface area contributed by atoms with Crippen molar-refractivity contribution >= 4 is 17.6 Å². The first-order valence-corrected chi connectivity index (χ1v) is 7.34. The Balaban J connectivity index is 2.84. The number of hydrogen-bond acceptors (Lipinski definition) is 6. The van der Waals surface area contributed by atoms with Crippen LogP contribution >= 0.6 is 0 Å². The van der Waals surface area contributed by atoms with E-state index in [4.69, 9.17) is 5.73 Å². The predicted octanol–water partition coefficient (Wildman–Crippen LogP) is 1.66. The number of nitrogens with two attached hydrogens (primary N) is 1. The molecule has 1 aromatic heterocycles. The predicted molar refractivity (Wildman–Crippen MR) is 86.3 cm³/mol. The van der Waals surface area contributed by atoms with Crippen LogP contribution in [0.2, 0.25) is 0 Å². The fraction of sp³-hybridized carbons (Fsp3) is 0.714. The Morgan fingerprint density at radius 2 is 1.85 bits per heavy atom. The molecular formula is C14H28N6. The second-order valence-corrected chi connectivity index (χ2v) is 5.19. The fourth-order valence-electron chi connectivity index (χ4n) is 1.89. The number of rotatable bonds is 9. The number of likely N-dealkylation sites (N-methyl/N-ethyl adjacent to an activating group) is 1. The van der Waals surface area contributed by atoms with E-state index in [2.05, 4.69) is 53.0 Å². The van der Waals surface area contributed by atoms with Crippen molar-refractivity contribution in [1.29, 1.82) is 0 Å². The van der Waals surface area contributed by atoms with Gasteiger partial charge in [0.05, 0.1) is 0 Å². The molecule has 0 radical (unpaired) electrons. The second kappa shape index (κ2) is 8.58. The zero-order valence-corrected chi connectivity index (χ0v) is 13.2. The minimum absolute atomic E-state index is 0.326. The Morgan fingerprint density at radius 1 is 1.10 bits per heavy atom. The largest absolute Gasteiger partial charge is 0.370 e. The van der Waals surface area contributed by atoms with Gasteiger partial charge < -0.3 is 20.9 Å². The maximum Gasteiger partial charge on any atom is 0.223 e. The van der Waals surface area contributed by atoms with E-state index in [0.29, 0.717) is 5.95 Å². The van der Waals surface area contributed by atoms with Crippen molar-refractivity contribution in [1.82, 2.24) is 14.9 Å². The number of anilines is 3. The van der Waals surface area contributed by atoms with Crippen LogP contribution in [0.5, 0.6) is 0 Å². The Morgan fingerprint density at radius 3 is 2.45 bits per heavy atom. The molecule has 0 unspecified atom stereocenters. The molecule has 0 saturated heterocycles. The summed E-state index contributed by atoms with van der Waals surface area (Å²) in [5, 5.41) is 3.27. The molecule has 0 spiro atoms. The molecule has 114 valence electrons. The summed E-state index contributed by atoms with van der Waals surface area (Å²) in [6, 6.07) is 1.98. The minimum atomic E-state index is 0.326. The monoisotopic (exact) mass is 280 g/mol. The third-order valence-electron chi connectivity index (χ3n) is 2.92. The van der Waals surface area contributed by atoms with Gasteiger partial charge in [-0.2, -0.15) is 9.97 Å². The van der Waals surface area contributed by atoms with E-state index in [1.165, 1.54) is 0 Å². The molecule has 0 bridgehead atoms. The summed E-state index contributed by atoms with van der Waals surface area (Å²) >= 11 is 0. The summed E-state index contributed by atoms with van der Waals surface area (Å²) in [5.41, 5.74) is 5.82. The van der Waals surface area contributed by atoms with Crippen LogP contribution in [0.4, 0.5) is 17.6 Å². The molecular weight excluding hydrogens is 252 g/mol. The van der Waals surface area contributed by atoms with E-state index in [1.54, 1.807) is 0 Å². The Hall–Kier alpha value is -1.56. The lowest BCUT2D eigenvalue weighted by atomic mass is 10.3. The van der Waals surface area contributed by atoms with Crippen LogP contribution in [-0.2, 0) is 0 Å². The van der Waals surface area contributed by atoms with Crippen molar-refractivity contribution in [2.24, 2.45) is 0 Å². The highest BCUT2D eigenvalue weighted by Gasteiger charge is 2.10. The maximum absolute atomic E-state index is 5.82. The maximum atomic E-state index is 5.82. The molecule has 0 amide bonds. The van der Waals surface area contributed by atoms with Crippen LogP contribution in [0.15, 0.2) is 6.07 Å². The first-order valence-electron chi connectivity index (χ1n) is 7.34. The third kappa shape index (κ3) is 5.61. The summed E-state index contributed by atoms with van der Waals surface area (Å²) in [6.45, 7) is 8.08. The molecule has 0 atom stereocenters. The molecule has 0 saturated carbocycles. The number of nitrogens with zero attached hydrogens (tertiary/aromatic N) is 4. The Bertz CT molecular complexity index is 393. The van der Waals surface area contributed by atoms with Crippen molar-refractivity contribution in [3.8, 4) is 0 Å². The highest BCUT2D eigenvalue weighted by molar-refractivity contribution is 5.52. The average Bonchev–Trinajstić information content (AvgIpc) is 2.40. The van der Waals surface area contributed by atoms with E-state index in [9.17, 15) is 0 Å². The van der Waals surface area contributed by atoms with Gasteiger partial charge in [-0.15, -0.1) is 0 Å². The number of nitrogens with one attached hydrogen (secondary N) is 1. The van der Waals surface area contributed by atoms with Gasteiger partial charge in [0.2, 0.25) is 5.95 Å². The molecule has 1 rings (SSSR count). The van der Waals surface area contributed by atoms with Gasteiger partial charge in [0, 0.05) is 32.2 Å². The third-order valence-corrected chi connectivity index (χ3v) is 2.92. The van der Waals surface area contributed by atoms with Crippen LogP contribution in [-0.4, -0.2) is 55.1 Å². The van der Waals surface area contributed by atoms with Gasteiger partial charge in [-0.1, -0.05) is 13.8 Å². The van der Waals surface area contributed by atoms with Gasteiger partial charge >= 0.3 is 0 Å². The van der Waals surface area contributed by atoms with Crippen LogP contribution in [0.1, 0.15) is 26.7 Å². The quantitative estimate of drug-likeness (QED) is 0.717. The highest BCUT2D eigenvalue weighted by Crippen LogP contribution is 2.17. The Labute approximate surface area is 122 Å². The number of hydrogen-bond donors (Lipinski definition) is 2. The van der Waals surface area contributed by atoms with Gasteiger partial charge in [-0.25, -0.2) is 0 Å². The zero-order chi connectivity index (χ0) is 15.0. The van der Waals surface area contributed by atoms with E-state index in [-0.39, 0.29) is 0 Å². The summed E-state index contributed by atoms with van der Waals surface area (Å²) < 4.78 is 0. The molecule has 0 aliphatic rings. The van der Waals surface area contributed by atoms with E-state index in [0.717, 1.165) is 50.7 Å². The van der Waals surface area contributed by atoms with Gasteiger partial charge in [0.1, 0.15) is 11.6 Å². The van der Waals surface area contributed by atoms with Crippen LogP contribution in [0, 0.1) is 0 Å². The molecule has 1 aromatic rings.